The molecule has 1 aliphatic heterocycles. The average Bonchev–Trinajstić information content (AvgIpc) is 2.35. The first-order valence-electron chi connectivity index (χ1n) is 6.51. The van der Waals surface area contributed by atoms with E-state index in [0.717, 1.165) is 36.7 Å². The first-order chi connectivity index (χ1) is 8.83. The van der Waals surface area contributed by atoms with Crippen LogP contribution < -0.4 is 10.5 Å². The van der Waals surface area contributed by atoms with Crippen molar-refractivity contribution in [1.82, 2.24) is 13.9 Å². The van der Waals surface area contributed by atoms with E-state index in [4.69, 9.17) is 5.73 Å². The van der Waals surface area contributed by atoms with Gasteiger partial charge < -0.3 is 10.6 Å². The number of piperidine rings is 1. The summed E-state index contributed by atoms with van der Waals surface area (Å²) in [7, 11) is -0.354. The van der Waals surface area contributed by atoms with Gasteiger partial charge in [0.2, 0.25) is 5.91 Å². The molecule has 1 saturated heterocycles. The molecular weight excluding hydrogens is 268 g/mol. The van der Waals surface area contributed by atoms with Crippen molar-refractivity contribution in [3.8, 4) is 0 Å². The van der Waals surface area contributed by atoms with Crippen molar-refractivity contribution in [2.45, 2.75) is 19.3 Å². The topological polar surface area (TPSA) is 95.7 Å². The Kier molecular flexibility index (Phi) is 6.18. The van der Waals surface area contributed by atoms with E-state index in [1.165, 1.54) is 14.1 Å². The normalized spacial score (nSPS) is 21.7. The lowest BCUT2D eigenvalue weighted by Crippen LogP contribution is -2.42. The quantitative estimate of drug-likeness (QED) is 0.587. The number of nitrogens with two attached hydrogens (primary N) is 1. The number of amides is 1. The van der Waals surface area contributed by atoms with Gasteiger partial charge in [-0.1, -0.05) is 0 Å². The van der Waals surface area contributed by atoms with Crippen LogP contribution in [0.3, 0.4) is 0 Å². The molecule has 0 radical (unpaired) electrons. The standard InChI is InChI=1S/C11H24N4O3S/c1-14(2)19(17,18)13-6-4-8-15-7-3-5-10(9-15)11(12)16/h10,13H,3-9H2,1-2H3,(H2,12,16). The van der Waals surface area contributed by atoms with Gasteiger partial charge in [0.1, 0.15) is 0 Å². The van der Waals surface area contributed by atoms with Crippen LogP contribution in [0.4, 0.5) is 0 Å². The zero-order valence-electron chi connectivity index (χ0n) is 11.6. The minimum absolute atomic E-state index is 0.0628. The van der Waals surface area contributed by atoms with E-state index in [1.807, 2.05) is 0 Å². The van der Waals surface area contributed by atoms with Crippen LogP contribution in [-0.4, -0.2) is 63.8 Å². The smallest absolute Gasteiger partial charge is 0.278 e. The molecule has 3 N–H and O–H groups in total. The molecule has 0 aromatic carbocycles. The maximum absolute atomic E-state index is 11.5. The Hall–Kier alpha value is -0.700. The fourth-order valence-corrected chi connectivity index (χ4v) is 2.78. The predicted molar refractivity (Wildman–Crippen MR) is 73.6 cm³/mol. The molecule has 0 aromatic heterocycles. The van der Waals surface area contributed by atoms with Crippen molar-refractivity contribution >= 4 is 16.1 Å². The summed E-state index contributed by atoms with van der Waals surface area (Å²) in [5, 5.41) is 0. The summed E-state index contributed by atoms with van der Waals surface area (Å²) in [6.45, 7) is 2.82. The van der Waals surface area contributed by atoms with Crippen LogP contribution in [0.1, 0.15) is 19.3 Å². The molecule has 19 heavy (non-hydrogen) atoms. The lowest BCUT2D eigenvalue weighted by atomic mass is 9.97. The number of carbonyl (C=O) groups excluding carboxylic acids is 1. The molecule has 1 fully saturated rings. The Balaban J connectivity index is 2.24. The van der Waals surface area contributed by atoms with E-state index < -0.39 is 10.2 Å². The van der Waals surface area contributed by atoms with Crippen LogP contribution in [0, 0.1) is 5.92 Å². The number of rotatable bonds is 7. The molecule has 8 heteroatoms. The fourth-order valence-electron chi connectivity index (χ4n) is 2.12. The highest BCUT2D eigenvalue weighted by Gasteiger charge is 2.23. The van der Waals surface area contributed by atoms with Gasteiger partial charge in [0.05, 0.1) is 5.92 Å². The summed E-state index contributed by atoms with van der Waals surface area (Å²) in [6.07, 6.45) is 2.55. The van der Waals surface area contributed by atoms with Crippen molar-refractivity contribution in [2.75, 3.05) is 40.3 Å². The van der Waals surface area contributed by atoms with Crippen molar-refractivity contribution in [3.63, 3.8) is 0 Å². The highest BCUT2D eigenvalue weighted by Crippen LogP contribution is 2.15. The first-order valence-corrected chi connectivity index (χ1v) is 7.95. The van der Waals surface area contributed by atoms with Gasteiger partial charge in [-0.15, -0.1) is 0 Å². The second kappa shape index (κ2) is 7.18. The zero-order valence-corrected chi connectivity index (χ0v) is 12.4. The van der Waals surface area contributed by atoms with Gasteiger partial charge in [-0.05, 0) is 32.4 Å². The highest BCUT2D eigenvalue weighted by atomic mass is 32.2. The third-order valence-corrected chi connectivity index (χ3v) is 4.85. The molecule has 0 bridgehead atoms. The molecule has 0 aliphatic carbocycles. The van der Waals surface area contributed by atoms with Gasteiger partial charge >= 0.3 is 0 Å². The summed E-state index contributed by atoms with van der Waals surface area (Å²) >= 11 is 0. The maximum Gasteiger partial charge on any atom is 0.278 e. The summed E-state index contributed by atoms with van der Waals surface area (Å²) < 4.78 is 26.6. The number of nitrogens with one attached hydrogen (secondary N) is 1. The molecule has 1 heterocycles. The van der Waals surface area contributed by atoms with Gasteiger partial charge in [0.25, 0.3) is 10.2 Å². The van der Waals surface area contributed by atoms with Crippen LogP contribution in [0.15, 0.2) is 0 Å². The van der Waals surface area contributed by atoms with Crippen LogP contribution >= 0.6 is 0 Å². The second-order valence-electron chi connectivity index (χ2n) is 5.08. The zero-order chi connectivity index (χ0) is 14.5. The van der Waals surface area contributed by atoms with Crippen LogP contribution in [0.25, 0.3) is 0 Å². The first kappa shape index (κ1) is 16.4. The lowest BCUT2D eigenvalue weighted by molar-refractivity contribution is -0.123. The van der Waals surface area contributed by atoms with E-state index in [0.29, 0.717) is 13.1 Å². The molecule has 0 aromatic rings. The number of primary amides is 1. The third-order valence-electron chi connectivity index (χ3n) is 3.32. The van der Waals surface area contributed by atoms with Crippen molar-refractivity contribution < 1.29 is 13.2 Å². The van der Waals surface area contributed by atoms with E-state index in [2.05, 4.69) is 9.62 Å². The van der Waals surface area contributed by atoms with Crippen molar-refractivity contribution in [2.24, 2.45) is 11.7 Å². The molecule has 1 aliphatic rings. The summed E-state index contributed by atoms with van der Waals surface area (Å²) in [5.41, 5.74) is 5.31. The molecule has 1 amide bonds. The average molecular weight is 292 g/mol. The van der Waals surface area contributed by atoms with Gasteiger partial charge in [0.15, 0.2) is 0 Å². The Morgan fingerprint density at radius 2 is 2.16 bits per heavy atom. The molecule has 0 spiro atoms. The highest BCUT2D eigenvalue weighted by molar-refractivity contribution is 7.87. The van der Waals surface area contributed by atoms with E-state index in [9.17, 15) is 13.2 Å². The largest absolute Gasteiger partial charge is 0.369 e. The maximum atomic E-state index is 11.5. The molecule has 0 saturated carbocycles. The van der Waals surface area contributed by atoms with Gasteiger partial charge in [-0.25, -0.2) is 4.72 Å². The van der Waals surface area contributed by atoms with E-state index in [1.54, 1.807) is 0 Å². The molecule has 1 unspecified atom stereocenters. The van der Waals surface area contributed by atoms with E-state index in [-0.39, 0.29) is 11.8 Å². The lowest BCUT2D eigenvalue weighted by Gasteiger charge is -2.31. The fraction of sp³-hybridized carbons (Fsp3) is 0.909. The van der Waals surface area contributed by atoms with E-state index >= 15 is 0 Å². The Morgan fingerprint density at radius 3 is 2.74 bits per heavy atom. The minimum atomic E-state index is -3.33. The molecule has 7 nitrogen and oxygen atoms in total. The molecule has 1 rings (SSSR count). The van der Waals surface area contributed by atoms with Gasteiger partial charge in [-0.2, -0.15) is 12.7 Å². The Labute approximate surface area is 115 Å². The van der Waals surface area contributed by atoms with Crippen molar-refractivity contribution in [1.29, 1.82) is 0 Å². The van der Waals surface area contributed by atoms with Crippen LogP contribution in [0.2, 0.25) is 0 Å². The van der Waals surface area contributed by atoms with Crippen LogP contribution in [0.5, 0.6) is 0 Å². The third kappa shape index (κ3) is 5.43. The number of likely N-dealkylation sites (tertiary alicyclic amines) is 1. The van der Waals surface area contributed by atoms with Crippen LogP contribution in [-0.2, 0) is 15.0 Å². The monoisotopic (exact) mass is 292 g/mol. The summed E-state index contributed by atoms with van der Waals surface area (Å²) in [5.74, 6) is -0.301. The molecular formula is C11H24N4O3S. The molecule has 112 valence electrons. The number of hydrogen-bond donors (Lipinski definition) is 2. The predicted octanol–water partition coefficient (Wildman–Crippen LogP) is -1.03. The number of hydrogen-bond acceptors (Lipinski definition) is 4. The molecule has 1 atom stereocenters. The summed E-state index contributed by atoms with van der Waals surface area (Å²) in [6, 6.07) is 0. The Morgan fingerprint density at radius 1 is 1.47 bits per heavy atom. The van der Waals surface area contributed by atoms with Crippen molar-refractivity contribution in [3.05, 3.63) is 0 Å². The van der Waals surface area contributed by atoms with Gasteiger partial charge in [-0.3, -0.25) is 4.79 Å². The number of carbonyl (C=O) groups is 1. The SMILES string of the molecule is CN(C)S(=O)(=O)NCCCN1CCCC(C(N)=O)C1. The Bertz CT molecular complexity index is 397. The summed E-state index contributed by atoms with van der Waals surface area (Å²) in [4.78, 5) is 13.3. The second-order valence-corrected chi connectivity index (χ2v) is 7.05. The minimum Gasteiger partial charge on any atom is -0.369 e. The number of nitrogens with zero attached hydrogens (tertiary/aromatic N) is 2. The van der Waals surface area contributed by atoms with Gasteiger partial charge in [0, 0.05) is 27.2 Å².